The van der Waals surface area contributed by atoms with E-state index in [1.165, 1.54) is 6.07 Å². The zero-order valence-electron chi connectivity index (χ0n) is 8.22. The van der Waals surface area contributed by atoms with Crippen molar-refractivity contribution in [3.05, 3.63) is 29.1 Å². The minimum atomic E-state index is -0.201. The Balaban J connectivity index is 2.57. The number of fused-ring (bicyclic) bond motifs is 1. The Bertz CT molecular complexity index is 351. The van der Waals surface area contributed by atoms with Crippen LogP contribution in [-0.4, -0.2) is 7.11 Å². The zero-order valence-corrected chi connectivity index (χ0v) is 8.22. The number of hydrogen-bond donors (Lipinski definition) is 1. The van der Waals surface area contributed by atoms with Crippen molar-refractivity contribution in [1.29, 1.82) is 0 Å². The first-order valence-corrected chi connectivity index (χ1v) is 4.85. The molecule has 3 heteroatoms. The molecule has 1 aromatic rings. The molecular formula is C11H14FNO. The lowest BCUT2D eigenvalue weighted by atomic mass is 9.87. The molecule has 0 aromatic heterocycles. The Morgan fingerprint density at radius 1 is 1.50 bits per heavy atom. The highest BCUT2D eigenvalue weighted by Crippen LogP contribution is 2.35. The van der Waals surface area contributed by atoms with Crippen molar-refractivity contribution >= 4 is 0 Å². The number of benzene rings is 1. The number of methoxy groups -OCH3 is 1. The van der Waals surface area contributed by atoms with E-state index in [0.29, 0.717) is 5.56 Å². The molecule has 1 aromatic carbocycles. The number of nitrogens with two attached hydrogens (primary N) is 1. The summed E-state index contributed by atoms with van der Waals surface area (Å²) in [6, 6.07) is 2.93. The van der Waals surface area contributed by atoms with Gasteiger partial charge in [-0.15, -0.1) is 0 Å². The largest absolute Gasteiger partial charge is 0.496 e. The summed E-state index contributed by atoms with van der Waals surface area (Å²) in [4.78, 5) is 0. The van der Waals surface area contributed by atoms with Gasteiger partial charge in [-0.2, -0.15) is 0 Å². The molecule has 1 aliphatic rings. The van der Waals surface area contributed by atoms with E-state index in [-0.39, 0.29) is 11.9 Å². The van der Waals surface area contributed by atoms with Gasteiger partial charge in [-0.3, -0.25) is 0 Å². The molecule has 1 aliphatic carbocycles. The molecule has 0 heterocycles. The molecule has 0 radical (unpaired) electrons. The highest BCUT2D eigenvalue weighted by molar-refractivity contribution is 5.44. The third-order valence-electron chi connectivity index (χ3n) is 2.79. The standard InChI is InChI=1S/C11H14FNO/c1-14-10-6-5-8(12)11-7(10)3-2-4-9(11)13/h5-6,9H,2-4,13H2,1H3. The van der Waals surface area contributed by atoms with E-state index in [1.54, 1.807) is 13.2 Å². The number of hydrogen-bond acceptors (Lipinski definition) is 2. The van der Waals surface area contributed by atoms with E-state index in [1.807, 2.05) is 0 Å². The molecule has 0 fully saturated rings. The lowest BCUT2D eigenvalue weighted by Crippen LogP contribution is -2.19. The summed E-state index contributed by atoms with van der Waals surface area (Å²) in [5.41, 5.74) is 7.47. The summed E-state index contributed by atoms with van der Waals surface area (Å²) in [7, 11) is 1.60. The lowest BCUT2D eigenvalue weighted by molar-refractivity contribution is 0.399. The normalized spacial score (nSPS) is 20.4. The summed E-state index contributed by atoms with van der Waals surface area (Å²) in [6.45, 7) is 0. The fourth-order valence-corrected chi connectivity index (χ4v) is 2.11. The Morgan fingerprint density at radius 2 is 2.29 bits per heavy atom. The van der Waals surface area contributed by atoms with E-state index in [0.717, 1.165) is 30.6 Å². The highest BCUT2D eigenvalue weighted by atomic mass is 19.1. The van der Waals surface area contributed by atoms with E-state index in [9.17, 15) is 4.39 Å². The van der Waals surface area contributed by atoms with Crippen LogP contribution in [0.4, 0.5) is 4.39 Å². The van der Waals surface area contributed by atoms with Gasteiger partial charge < -0.3 is 10.5 Å². The first-order valence-electron chi connectivity index (χ1n) is 4.85. The average molecular weight is 195 g/mol. The van der Waals surface area contributed by atoms with Crippen molar-refractivity contribution < 1.29 is 9.13 Å². The molecule has 2 N–H and O–H groups in total. The summed E-state index contributed by atoms with van der Waals surface area (Å²) in [5, 5.41) is 0. The van der Waals surface area contributed by atoms with Gasteiger partial charge in [-0.05, 0) is 31.4 Å². The van der Waals surface area contributed by atoms with Crippen LogP contribution in [0, 0.1) is 5.82 Å². The average Bonchev–Trinajstić information content (AvgIpc) is 2.18. The quantitative estimate of drug-likeness (QED) is 0.745. The molecule has 0 saturated heterocycles. The molecule has 0 saturated carbocycles. The third kappa shape index (κ3) is 1.38. The number of ether oxygens (including phenoxy) is 1. The van der Waals surface area contributed by atoms with Crippen LogP contribution in [0.3, 0.4) is 0 Å². The van der Waals surface area contributed by atoms with Gasteiger partial charge >= 0.3 is 0 Å². The van der Waals surface area contributed by atoms with E-state index in [2.05, 4.69) is 0 Å². The first kappa shape index (κ1) is 9.46. The molecule has 0 bridgehead atoms. The second kappa shape index (κ2) is 3.58. The van der Waals surface area contributed by atoms with Crippen LogP contribution >= 0.6 is 0 Å². The highest BCUT2D eigenvalue weighted by Gasteiger charge is 2.23. The molecule has 0 spiro atoms. The summed E-state index contributed by atoms with van der Waals surface area (Å²) in [5.74, 6) is 0.560. The molecule has 0 amide bonds. The molecule has 0 aliphatic heterocycles. The van der Waals surface area contributed by atoms with Crippen LogP contribution in [0.25, 0.3) is 0 Å². The van der Waals surface area contributed by atoms with Crippen LogP contribution in [0.2, 0.25) is 0 Å². The number of halogens is 1. The van der Waals surface area contributed by atoms with Crippen molar-refractivity contribution in [2.45, 2.75) is 25.3 Å². The Kier molecular flexibility index (Phi) is 2.42. The minimum absolute atomic E-state index is 0.172. The molecule has 2 nitrogen and oxygen atoms in total. The second-order valence-electron chi connectivity index (χ2n) is 3.64. The van der Waals surface area contributed by atoms with Crippen LogP contribution in [-0.2, 0) is 6.42 Å². The maximum atomic E-state index is 13.5. The zero-order chi connectivity index (χ0) is 10.1. The second-order valence-corrected chi connectivity index (χ2v) is 3.64. The maximum Gasteiger partial charge on any atom is 0.128 e. The van der Waals surface area contributed by atoms with Gasteiger partial charge in [0.1, 0.15) is 11.6 Å². The van der Waals surface area contributed by atoms with Gasteiger partial charge in [0, 0.05) is 17.2 Å². The molecule has 76 valence electrons. The maximum absolute atomic E-state index is 13.5. The lowest BCUT2D eigenvalue weighted by Gasteiger charge is -2.24. The van der Waals surface area contributed by atoms with Crippen LogP contribution in [0.5, 0.6) is 5.75 Å². The fourth-order valence-electron chi connectivity index (χ4n) is 2.11. The Labute approximate surface area is 82.9 Å². The van der Waals surface area contributed by atoms with Gasteiger partial charge in [-0.1, -0.05) is 0 Å². The van der Waals surface area contributed by atoms with E-state index in [4.69, 9.17) is 10.5 Å². The molecule has 14 heavy (non-hydrogen) atoms. The predicted molar refractivity (Wildman–Crippen MR) is 52.8 cm³/mol. The molecule has 2 rings (SSSR count). The van der Waals surface area contributed by atoms with Gasteiger partial charge in [0.15, 0.2) is 0 Å². The third-order valence-corrected chi connectivity index (χ3v) is 2.79. The Morgan fingerprint density at radius 3 is 3.00 bits per heavy atom. The summed E-state index contributed by atoms with van der Waals surface area (Å²) in [6.07, 6.45) is 2.73. The van der Waals surface area contributed by atoms with Crippen molar-refractivity contribution in [3.63, 3.8) is 0 Å². The summed E-state index contributed by atoms with van der Waals surface area (Å²) < 4.78 is 18.7. The van der Waals surface area contributed by atoms with Gasteiger partial charge in [0.25, 0.3) is 0 Å². The fraction of sp³-hybridized carbons (Fsp3) is 0.455. The molecule has 1 unspecified atom stereocenters. The Hall–Kier alpha value is -1.09. The van der Waals surface area contributed by atoms with Crippen molar-refractivity contribution in [2.75, 3.05) is 7.11 Å². The predicted octanol–water partition coefficient (Wildman–Crippen LogP) is 2.17. The minimum Gasteiger partial charge on any atom is -0.496 e. The van der Waals surface area contributed by atoms with Crippen molar-refractivity contribution in [3.8, 4) is 5.75 Å². The van der Waals surface area contributed by atoms with E-state index >= 15 is 0 Å². The monoisotopic (exact) mass is 195 g/mol. The van der Waals surface area contributed by atoms with Crippen LogP contribution in [0.1, 0.15) is 30.0 Å². The first-order chi connectivity index (χ1) is 6.74. The summed E-state index contributed by atoms with van der Waals surface area (Å²) >= 11 is 0. The van der Waals surface area contributed by atoms with Crippen molar-refractivity contribution in [2.24, 2.45) is 5.73 Å². The topological polar surface area (TPSA) is 35.2 Å². The van der Waals surface area contributed by atoms with Gasteiger partial charge in [-0.25, -0.2) is 4.39 Å². The number of rotatable bonds is 1. The molecule has 1 atom stereocenters. The molecular weight excluding hydrogens is 181 g/mol. The van der Waals surface area contributed by atoms with Gasteiger partial charge in [0.2, 0.25) is 0 Å². The van der Waals surface area contributed by atoms with Crippen molar-refractivity contribution in [1.82, 2.24) is 0 Å². The SMILES string of the molecule is COc1ccc(F)c2c1CCCC2N. The van der Waals surface area contributed by atoms with Gasteiger partial charge in [0.05, 0.1) is 7.11 Å². The van der Waals surface area contributed by atoms with Crippen LogP contribution in [0.15, 0.2) is 12.1 Å². The van der Waals surface area contributed by atoms with E-state index < -0.39 is 0 Å². The van der Waals surface area contributed by atoms with Crippen LogP contribution < -0.4 is 10.5 Å². The smallest absolute Gasteiger partial charge is 0.128 e.